The van der Waals surface area contributed by atoms with Gasteiger partial charge in [0.2, 0.25) is 0 Å². The first-order chi connectivity index (χ1) is 9.26. The van der Waals surface area contributed by atoms with Gasteiger partial charge in [0.15, 0.2) is 0 Å². The Kier molecular flexibility index (Phi) is 6.42. The molecule has 0 aromatic heterocycles. The van der Waals surface area contributed by atoms with Crippen LogP contribution in [0.25, 0.3) is 0 Å². The van der Waals surface area contributed by atoms with E-state index in [1.165, 1.54) is 12.2 Å². The second-order valence-electron chi connectivity index (χ2n) is 5.64. The third-order valence-corrected chi connectivity index (χ3v) is 5.45. The van der Waals surface area contributed by atoms with Crippen LogP contribution >= 0.6 is 11.8 Å². The van der Waals surface area contributed by atoms with Gasteiger partial charge in [-0.2, -0.15) is 11.8 Å². The Labute approximate surface area is 120 Å². The number of rotatable bonds is 7. The van der Waals surface area contributed by atoms with E-state index >= 15 is 0 Å². The zero-order chi connectivity index (χ0) is 13.6. The maximum Gasteiger partial charge on any atom is 0.0783 e. The van der Waals surface area contributed by atoms with Crippen LogP contribution in [0.5, 0.6) is 0 Å². The average Bonchev–Trinajstić information content (AvgIpc) is 2.86. The van der Waals surface area contributed by atoms with Crippen molar-refractivity contribution in [1.82, 2.24) is 0 Å². The van der Waals surface area contributed by atoms with Crippen molar-refractivity contribution in [3.8, 4) is 0 Å². The lowest BCUT2D eigenvalue weighted by Crippen LogP contribution is -2.45. The van der Waals surface area contributed by atoms with Gasteiger partial charge in [-0.15, -0.1) is 0 Å². The van der Waals surface area contributed by atoms with Crippen molar-refractivity contribution in [2.75, 3.05) is 45.0 Å². The van der Waals surface area contributed by atoms with Gasteiger partial charge in [-0.1, -0.05) is 0 Å². The van der Waals surface area contributed by atoms with Crippen LogP contribution < -0.4 is 5.73 Å². The van der Waals surface area contributed by atoms with Gasteiger partial charge in [0.25, 0.3) is 0 Å². The average molecular weight is 289 g/mol. The molecular formula is C14H27NO3S. The summed E-state index contributed by atoms with van der Waals surface area (Å²) in [7, 11) is 1.69. The molecular weight excluding hydrogens is 262 g/mol. The van der Waals surface area contributed by atoms with Crippen molar-refractivity contribution in [3.63, 3.8) is 0 Å². The summed E-state index contributed by atoms with van der Waals surface area (Å²) in [5, 5.41) is 0. The van der Waals surface area contributed by atoms with Crippen molar-refractivity contribution in [2.45, 2.75) is 37.3 Å². The minimum absolute atomic E-state index is 0.141. The molecule has 3 unspecified atom stereocenters. The van der Waals surface area contributed by atoms with E-state index in [4.69, 9.17) is 19.9 Å². The van der Waals surface area contributed by atoms with Crippen molar-refractivity contribution in [2.24, 2.45) is 11.7 Å². The predicted molar refractivity (Wildman–Crippen MR) is 78.6 cm³/mol. The van der Waals surface area contributed by atoms with E-state index in [2.05, 4.69) is 0 Å². The Balaban J connectivity index is 1.68. The van der Waals surface area contributed by atoms with Crippen molar-refractivity contribution < 1.29 is 14.2 Å². The summed E-state index contributed by atoms with van der Waals surface area (Å²) in [6.07, 6.45) is 4.38. The fourth-order valence-corrected chi connectivity index (χ4v) is 4.37. The van der Waals surface area contributed by atoms with E-state index in [1.807, 2.05) is 11.8 Å². The second-order valence-corrected chi connectivity index (χ2v) is 6.75. The fourth-order valence-electron chi connectivity index (χ4n) is 2.99. The highest BCUT2D eigenvalue weighted by Crippen LogP contribution is 2.41. The molecule has 2 aliphatic rings. The molecule has 112 valence electrons. The third-order valence-electron chi connectivity index (χ3n) is 4.23. The first-order valence-corrected chi connectivity index (χ1v) is 8.45. The maximum atomic E-state index is 6.34. The van der Waals surface area contributed by atoms with Crippen LogP contribution in [0.3, 0.4) is 0 Å². The van der Waals surface area contributed by atoms with Gasteiger partial charge in [-0.05, 0) is 37.4 Å². The Bertz CT molecular complexity index is 259. The van der Waals surface area contributed by atoms with Crippen LogP contribution in [0.1, 0.15) is 25.7 Å². The molecule has 2 N–H and O–H groups in total. The minimum atomic E-state index is 0.141. The zero-order valence-electron chi connectivity index (χ0n) is 11.9. The normalized spacial score (nSPS) is 32.8. The molecule has 5 heteroatoms. The summed E-state index contributed by atoms with van der Waals surface area (Å²) in [6, 6.07) is 0.244. The number of hydrogen-bond acceptors (Lipinski definition) is 5. The summed E-state index contributed by atoms with van der Waals surface area (Å²) in [4.78, 5) is 0. The largest absolute Gasteiger partial charge is 0.382 e. The molecule has 2 saturated heterocycles. The van der Waals surface area contributed by atoms with E-state index in [-0.39, 0.29) is 11.6 Å². The van der Waals surface area contributed by atoms with Crippen molar-refractivity contribution in [3.05, 3.63) is 0 Å². The number of nitrogens with two attached hydrogens (primary N) is 1. The predicted octanol–water partition coefficient (Wildman–Crippen LogP) is 1.67. The van der Waals surface area contributed by atoms with Crippen molar-refractivity contribution in [1.29, 1.82) is 0 Å². The molecule has 4 nitrogen and oxygen atoms in total. The van der Waals surface area contributed by atoms with E-state index < -0.39 is 0 Å². The van der Waals surface area contributed by atoms with Crippen LogP contribution in [0.2, 0.25) is 0 Å². The van der Waals surface area contributed by atoms with Crippen LogP contribution in [-0.2, 0) is 14.2 Å². The van der Waals surface area contributed by atoms with Gasteiger partial charge in [-0.25, -0.2) is 0 Å². The summed E-state index contributed by atoms with van der Waals surface area (Å²) in [6.45, 7) is 2.94. The smallest absolute Gasteiger partial charge is 0.0783 e. The Morgan fingerprint density at radius 3 is 3.05 bits per heavy atom. The Hall–Kier alpha value is 0.190. The lowest BCUT2D eigenvalue weighted by atomic mass is 9.80. The highest BCUT2D eigenvalue weighted by atomic mass is 32.2. The van der Waals surface area contributed by atoms with Crippen molar-refractivity contribution >= 4 is 11.8 Å². The molecule has 0 amide bonds. The number of hydrogen-bond donors (Lipinski definition) is 1. The van der Waals surface area contributed by atoms with E-state index in [0.29, 0.717) is 19.1 Å². The summed E-state index contributed by atoms with van der Waals surface area (Å²) < 4.78 is 16.5. The van der Waals surface area contributed by atoms with Crippen LogP contribution in [0.4, 0.5) is 0 Å². The van der Waals surface area contributed by atoms with Crippen LogP contribution in [0.15, 0.2) is 0 Å². The first kappa shape index (κ1) is 15.6. The van der Waals surface area contributed by atoms with E-state index in [0.717, 1.165) is 38.2 Å². The molecule has 0 aromatic carbocycles. The molecule has 0 saturated carbocycles. The zero-order valence-corrected chi connectivity index (χ0v) is 12.8. The van der Waals surface area contributed by atoms with E-state index in [9.17, 15) is 0 Å². The molecule has 0 aliphatic carbocycles. The van der Waals surface area contributed by atoms with Crippen LogP contribution in [-0.4, -0.2) is 56.7 Å². The maximum absolute atomic E-state index is 6.34. The summed E-state index contributed by atoms with van der Waals surface area (Å²) in [5.74, 6) is 2.99. The molecule has 19 heavy (non-hydrogen) atoms. The first-order valence-electron chi connectivity index (χ1n) is 7.30. The standard InChI is InChI=1S/C14H27NO3S/c1-16-7-8-17-5-3-13(15)12-2-6-18-14(10-12)4-9-19-11-14/h12-13H,2-11,15H2,1H3. The highest BCUT2D eigenvalue weighted by molar-refractivity contribution is 7.99. The molecule has 2 heterocycles. The number of thioether (sulfide) groups is 1. The summed E-state index contributed by atoms with van der Waals surface area (Å²) in [5.41, 5.74) is 6.48. The number of methoxy groups -OCH3 is 1. The molecule has 0 radical (unpaired) electrons. The monoisotopic (exact) mass is 289 g/mol. The second kappa shape index (κ2) is 7.84. The molecule has 2 fully saturated rings. The molecule has 2 aliphatic heterocycles. The van der Waals surface area contributed by atoms with Gasteiger partial charge < -0.3 is 19.9 Å². The fraction of sp³-hybridized carbons (Fsp3) is 1.00. The van der Waals surface area contributed by atoms with Gasteiger partial charge in [0.05, 0.1) is 18.8 Å². The van der Waals surface area contributed by atoms with E-state index in [1.54, 1.807) is 7.11 Å². The Morgan fingerprint density at radius 2 is 2.32 bits per heavy atom. The van der Waals surface area contributed by atoms with Gasteiger partial charge in [-0.3, -0.25) is 0 Å². The number of ether oxygens (including phenoxy) is 3. The molecule has 2 rings (SSSR count). The minimum Gasteiger partial charge on any atom is -0.382 e. The Morgan fingerprint density at radius 1 is 1.42 bits per heavy atom. The lowest BCUT2D eigenvalue weighted by Gasteiger charge is -2.40. The molecule has 0 aromatic rings. The van der Waals surface area contributed by atoms with Gasteiger partial charge in [0, 0.05) is 32.1 Å². The van der Waals surface area contributed by atoms with Crippen LogP contribution in [0, 0.1) is 5.92 Å². The molecule has 3 atom stereocenters. The summed E-state index contributed by atoms with van der Waals surface area (Å²) >= 11 is 2.02. The van der Waals surface area contributed by atoms with Gasteiger partial charge >= 0.3 is 0 Å². The topological polar surface area (TPSA) is 53.7 Å². The third kappa shape index (κ3) is 4.60. The lowest BCUT2D eigenvalue weighted by molar-refractivity contribution is -0.0844. The molecule has 0 bridgehead atoms. The highest BCUT2D eigenvalue weighted by Gasteiger charge is 2.41. The molecule has 1 spiro atoms. The SMILES string of the molecule is COCCOCCC(N)C1CCOC2(CCSC2)C1. The van der Waals surface area contributed by atoms with Gasteiger partial charge in [0.1, 0.15) is 0 Å². The quantitative estimate of drug-likeness (QED) is 0.723.